The summed E-state index contributed by atoms with van der Waals surface area (Å²) in [5.41, 5.74) is -0.247. The Kier molecular flexibility index (Phi) is 5.57. The van der Waals surface area contributed by atoms with E-state index in [1.54, 1.807) is 6.92 Å². The van der Waals surface area contributed by atoms with Crippen molar-refractivity contribution in [3.8, 4) is 0 Å². The number of likely N-dealkylation sites (tertiary alicyclic amines) is 1. The first-order chi connectivity index (χ1) is 10.5. The van der Waals surface area contributed by atoms with E-state index in [-0.39, 0.29) is 35.9 Å². The molecule has 0 aromatic carbocycles. The van der Waals surface area contributed by atoms with Crippen molar-refractivity contribution in [2.45, 2.75) is 58.0 Å². The molecule has 1 amide bonds. The molecule has 0 radical (unpaired) electrons. The second-order valence-electron chi connectivity index (χ2n) is 5.96. The zero-order valence-corrected chi connectivity index (χ0v) is 13.0. The van der Waals surface area contributed by atoms with Crippen molar-refractivity contribution in [2.75, 3.05) is 13.1 Å². The minimum atomic E-state index is -0.761. The van der Waals surface area contributed by atoms with Crippen LogP contribution in [0, 0.1) is 0 Å². The Morgan fingerprint density at radius 2 is 1.91 bits per heavy atom. The third kappa shape index (κ3) is 4.08. The second kappa shape index (κ2) is 7.42. The number of nitrogens with zero attached hydrogens (tertiary/aromatic N) is 1. The first kappa shape index (κ1) is 16.5. The van der Waals surface area contributed by atoms with Crippen molar-refractivity contribution >= 4 is 17.7 Å². The molecule has 1 N–H and O–H groups in total. The van der Waals surface area contributed by atoms with Gasteiger partial charge >= 0.3 is 5.97 Å². The summed E-state index contributed by atoms with van der Waals surface area (Å²) < 4.78 is 4.96. The highest BCUT2D eigenvalue weighted by Crippen LogP contribution is 2.21. The normalized spacial score (nSPS) is 25.0. The number of ether oxygens (including phenoxy) is 1. The lowest BCUT2D eigenvalue weighted by Crippen LogP contribution is -2.35. The molecule has 2 aliphatic rings. The lowest BCUT2D eigenvalue weighted by molar-refractivity contribution is -0.150. The number of ketones is 1. The van der Waals surface area contributed by atoms with Gasteiger partial charge in [-0.25, -0.2) is 4.79 Å². The van der Waals surface area contributed by atoms with Gasteiger partial charge in [-0.2, -0.15) is 0 Å². The van der Waals surface area contributed by atoms with Crippen LogP contribution in [0.1, 0.15) is 51.9 Å². The maximum absolute atomic E-state index is 12.0. The van der Waals surface area contributed by atoms with Crippen molar-refractivity contribution in [3.63, 3.8) is 0 Å². The predicted octanol–water partition coefficient (Wildman–Crippen LogP) is 1.89. The van der Waals surface area contributed by atoms with Gasteiger partial charge in [-0.3, -0.25) is 9.59 Å². The lowest BCUT2D eigenvalue weighted by atomic mass is 9.99. The molecule has 1 atom stereocenters. The van der Waals surface area contributed by atoms with E-state index < -0.39 is 12.1 Å². The van der Waals surface area contributed by atoms with E-state index in [0.29, 0.717) is 12.8 Å². The summed E-state index contributed by atoms with van der Waals surface area (Å²) in [5, 5.41) is 9.96. The topological polar surface area (TPSA) is 83.9 Å². The number of amides is 1. The third-order valence-corrected chi connectivity index (χ3v) is 4.07. The van der Waals surface area contributed by atoms with E-state index in [1.165, 1.54) is 6.42 Å². The number of hydrogen-bond acceptors (Lipinski definition) is 5. The van der Waals surface area contributed by atoms with Crippen LogP contribution in [-0.2, 0) is 19.1 Å². The van der Waals surface area contributed by atoms with Crippen LogP contribution in [0.15, 0.2) is 11.3 Å². The molecule has 6 heteroatoms. The quantitative estimate of drug-likeness (QED) is 0.371. The average Bonchev–Trinajstić information content (AvgIpc) is 2.47. The molecular formula is C16H23NO5. The zero-order chi connectivity index (χ0) is 16.1. The molecule has 0 aromatic rings. The van der Waals surface area contributed by atoms with E-state index in [4.69, 9.17) is 4.74 Å². The molecule has 6 nitrogen and oxygen atoms in total. The number of cyclic esters (lactones) is 1. The van der Waals surface area contributed by atoms with Crippen LogP contribution in [-0.4, -0.2) is 46.9 Å². The minimum Gasteiger partial charge on any atom is -0.511 e. The molecule has 0 aromatic heterocycles. The molecule has 0 aliphatic carbocycles. The summed E-state index contributed by atoms with van der Waals surface area (Å²) >= 11 is 0. The number of hydrogen-bond donors (Lipinski definition) is 1. The average molecular weight is 309 g/mol. The largest absolute Gasteiger partial charge is 0.511 e. The molecular weight excluding hydrogens is 286 g/mol. The maximum Gasteiger partial charge on any atom is 0.345 e. The smallest absolute Gasteiger partial charge is 0.345 e. The molecule has 2 rings (SSSR count). The van der Waals surface area contributed by atoms with Crippen molar-refractivity contribution in [1.29, 1.82) is 0 Å². The SMILES string of the molecule is C[C@@H]1CC(=O)/C(=C(\O)CCCC(=O)N2CCCCC2)C(=O)O1. The maximum atomic E-state index is 12.0. The van der Waals surface area contributed by atoms with E-state index >= 15 is 0 Å². The Hall–Kier alpha value is -1.85. The summed E-state index contributed by atoms with van der Waals surface area (Å²) in [6.07, 6.45) is 3.77. The van der Waals surface area contributed by atoms with Gasteiger partial charge in [-0.05, 0) is 32.6 Å². The highest BCUT2D eigenvalue weighted by atomic mass is 16.5. The molecule has 2 aliphatic heterocycles. The van der Waals surface area contributed by atoms with E-state index in [2.05, 4.69) is 0 Å². The minimum absolute atomic E-state index is 0.0728. The Morgan fingerprint density at radius 1 is 1.23 bits per heavy atom. The van der Waals surface area contributed by atoms with Crippen LogP contribution in [0.25, 0.3) is 0 Å². The van der Waals surface area contributed by atoms with Crippen LogP contribution >= 0.6 is 0 Å². The standard InChI is InChI=1S/C16H23NO5/c1-11-10-13(19)15(16(21)22-11)12(18)6-5-7-14(20)17-8-3-2-4-9-17/h11,18H,2-10H2,1H3/b15-12+/t11-/m1/s1. The van der Waals surface area contributed by atoms with Crippen molar-refractivity contribution in [3.05, 3.63) is 11.3 Å². The first-order valence-electron chi connectivity index (χ1n) is 7.93. The molecule has 0 bridgehead atoms. The van der Waals surface area contributed by atoms with Gasteiger partial charge < -0.3 is 14.7 Å². The second-order valence-corrected chi connectivity index (χ2v) is 5.96. The number of rotatable bonds is 4. The summed E-state index contributed by atoms with van der Waals surface area (Å²) in [6.45, 7) is 3.24. The van der Waals surface area contributed by atoms with Crippen LogP contribution in [0.3, 0.4) is 0 Å². The van der Waals surface area contributed by atoms with E-state index in [0.717, 1.165) is 25.9 Å². The summed E-state index contributed by atoms with van der Waals surface area (Å²) in [4.78, 5) is 37.3. The van der Waals surface area contributed by atoms with Crippen molar-refractivity contribution in [1.82, 2.24) is 4.90 Å². The Balaban J connectivity index is 1.85. The Morgan fingerprint density at radius 3 is 2.55 bits per heavy atom. The molecule has 0 saturated carbocycles. The Labute approximate surface area is 130 Å². The van der Waals surface area contributed by atoms with Gasteiger partial charge in [0.1, 0.15) is 17.4 Å². The highest BCUT2D eigenvalue weighted by Gasteiger charge is 2.32. The molecule has 2 fully saturated rings. The Bertz CT molecular complexity index is 471. The number of aliphatic hydroxyl groups excluding tert-OH is 1. The number of esters is 1. The van der Waals surface area contributed by atoms with Gasteiger partial charge in [-0.1, -0.05) is 0 Å². The number of carbonyl (C=O) groups excluding carboxylic acids is 3. The van der Waals surface area contributed by atoms with Gasteiger partial charge in [0.15, 0.2) is 5.78 Å². The van der Waals surface area contributed by atoms with Crippen molar-refractivity contribution < 1.29 is 24.2 Å². The van der Waals surface area contributed by atoms with E-state index in [1.807, 2.05) is 4.90 Å². The van der Waals surface area contributed by atoms with Gasteiger partial charge in [0.05, 0.1) is 0 Å². The van der Waals surface area contributed by atoms with E-state index in [9.17, 15) is 19.5 Å². The molecule has 0 spiro atoms. The van der Waals surface area contributed by atoms with Crippen LogP contribution in [0.5, 0.6) is 0 Å². The predicted molar refractivity (Wildman–Crippen MR) is 79.1 cm³/mol. The number of piperidine rings is 1. The summed E-state index contributed by atoms with van der Waals surface area (Å²) in [5.74, 6) is -1.33. The van der Waals surface area contributed by atoms with Gasteiger partial charge in [0, 0.05) is 32.4 Å². The lowest BCUT2D eigenvalue weighted by Gasteiger charge is -2.26. The summed E-state index contributed by atoms with van der Waals surface area (Å²) in [7, 11) is 0. The number of allylic oxidation sites excluding steroid dienone is 1. The van der Waals surface area contributed by atoms with Gasteiger partial charge in [-0.15, -0.1) is 0 Å². The van der Waals surface area contributed by atoms with Crippen molar-refractivity contribution in [2.24, 2.45) is 0 Å². The monoisotopic (exact) mass is 309 g/mol. The number of Topliss-reactive ketones (excluding diaryl/α,β-unsaturated/α-hetero) is 1. The fraction of sp³-hybridized carbons (Fsp3) is 0.688. The first-order valence-corrected chi connectivity index (χ1v) is 7.93. The molecule has 2 heterocycles. The third-order valence-electron chi connectivity index (χ3n) is 4.07. The molecule has 22 heavy (non-hydrogen) atoms. The zero-order valence-electron chi connectivity index (χ0n) is 13.0. The van der Waals surface area contributed by atoms with Crippen LogP contribution in [0.4, 0.5) is 0 Å². The van der Waals surface area contributed by atoms with Gasteiger partial charge in [0.25, 0.3) is 0 Å². The summed E-state index contributed by atoms with van der Waals surface area (Å²) in [6, 6.07) is 0. The number of carbonyl (C=O) groups is 3. The van der Waals surface area contributed by atoms with Crippen LogP contribution in [0.2, 0.25) is 0 Å². The number of aliphatic hydroxyl groups is 1. The van der Waals surface area contributed by atoms with Gasteiger partial charge in [0.2, 0.25) is 5.91 Å². The molecule has 2 saturated heterocycles. The van der Waals surface area contributed by atoms with Crippen LogP contribution < -0.4 is 0 Å². The fourth-order valence-corrected chi connectivity index (χ4v) is 2.87. The molecule has 0 unspecified atom stereocenters. The molecule has 122 valence electrons. The highest BCUT2D eigenvalue weighted by molar-refractivity contribution is 6.19. The fourth-order valence-electron chi connectivity index (χ4n) is 2.87.